The Morgan fingerprint density at radius 3 is 2.50 bits per heavy atom. The Labute approximate surface area is 184 Å². The van der Waals surface area contributed by atoms with E-state index in [1.807, 2.05) is 44.2 Å². The fourth-order valence-electron chi connectivity index (χ4n) is 2.99. The van der Waals surface area contributed by atoms with E-state index in [0.717, 1.165) is 29.5 Å². The molecule has 5 nitrogen and oxygen atoms in total. The summed E-state index contributed by atoms with van der Waals surface area (Å²) in [6.07, 6.45) is 1.89. The van der Waals surface area contributed by atoms with Crippen LogP contribution in [0.2, 0.25) is 5.02 Å². The zero-order chi connectivity index (χ0) is 22.1. The third-order valence-corrected chi connectivity index (χ3v) is 5.21. The van der Waals surface area contributed by atoms with Crippen molar-refractivity contribution in [2.45, 2.75) is 53.1 Å². The largest absolute Gasteiger partial charge is 0.483 e. The van der Waals surface area contributed by atoms with Gasteiger partial charge in [0.15, 0.2) is 6.61 Å². The molecule has 0 aliphatic rings. The SMILES string of the molecule is CCCCNC(=O)[C@@H](C)N(Cc1ccc(Cl)cc1)C(=O)COc1cc(C)ccc1C. The number of hydrogen-bond donors (Lipinski definition) is 1. The van der Waals surface area contributed by atoms with Gasteiger partial charge in [-0.05, 0) is 62.1 Å². The standard InChI is InChI=1S/C24H31ClN2O3/c1-5-6-13-26-24(29)19(4)27(15-20-9-11-21(25)12-10-20)23(28)16-30-22-14-17(2)7-8-18(22)3/h7-12,14,19H,5-6,13,15-16H2,1-4H3,(H,26,29)/t19-/m1/s1. The molecule has 162 valence electrons. The lowest BCUT2D eigenvalue weighted by atomic mass is 10.1. The highest BCUT2D eigenvalue weighted by Gasteiger charge is 2.26. The summed E-state index contributed by atoms with van der Waals surface area (Å²) >= 11 is 5.98. The van der Waals surface area contributed by atoms with Crippen LogP contribution in [-0.4, -0.2) is 35.9 Å². The smallest absolute Gasteiger partial charge is 0.261 e. The van der Waals surface area contributed by atoms with Crippen molar-refractivity contribution < 1.29 is 14.3 Å². The molecule has 1 N–H and O–H groups in total. The van der Waals surface area contributed by atoms with E-state index in [4.69, 9.17) is 16.3 Å². The Morgan fingerprint density at radius 1 is 1.13 bits per heavy atom. The van der Waals surface area contributed by atoms with Crippen LogP contribution in [0.4, 0.5) is 0 Å². The average molecular weight is 431 g/mol. The summed E-state index contributed by atoms with van der Waals surface area (Å²) in [5.74, 6) is 0.261. The van der Waals surface area contributed by atoms with Crippen molar-refractivity contribution in [2.24, 2.45) is 0 Å². The van der Waals surface area contributed by atoms with E-state index >= 15 is 0 Å². The first-order chi connectivity index (χ1) is 14.3. The van der Waals surface area contributed by atoms with E-state index in [2.05, 4.69) is 12.2 Å². The maximum Gasteiger partial charge on any atom is 0.261 e. The van der Waals surface area contributed by atoms with Gasteiger partial charge in [0.05, 0.1) is 0 Å². The predicted octanol–water partition coefficient (Wildman–Crippen LogP) is 4.67. The molecule has 0 spiro atoms. The van der Waals surface area contributed by atoms with Crippen LogP contribution in [0.3, 0.4) is 0 Å². The van der Waals surface area contributed by atoms with Crippen molar-refractivity contribution in [1.82, 2.24) is 10.2 Å². The summed E-state index contributed by atoms with van der Waals surface area (Å²) < 4.78 is 5.80. The minimum Gasteiger partial charge on any atom is -0.483 e. The second kappa shape index (κ2) is 11.6. The molecule has 1 atom stereocenters. The van der Waals surface area contributed by atoms with Crippen molar-refractivity contribution in [1.29, 1.82) is 0 Å². The van der Waals surface area contributed by atoms with Crippen LogP contribution in [0.25, 0.3) is 0 Å². The van der Waals surface area contributed by atoms with Gasteiger partial charge in [0.2, 0.25) is 5.91 Å². The number of nitrogens with zero attached hydrogens (tertiary/aromatic N) is 1. The molecule has 2 aromatic rings. The number of halogens is 1. The van der Waals surface area contributed by atoms with E-state index in [0.29, 0.717) is 23.9 Å². The molecular weight excluding hydrogens is 400 g/mol. The molecular formula is C24H31ClN2O3. The molecule has 0 saturated heterocycles. The van der Waals surface area contributed by atoms with Crippen molar-refractivity contribution in [3.8, 4) is 5.75 Å². The van der Waals surface area contributed by atoms with Crippen LogP contribution < -0.4 is 10.1 Å². The van der Waals surface area contributed by atoms with Gasteiger partial charge in [-0.1, -0.05) is 49.2 Å². The van der Waals surface area contributed by atoms with E-state index in [1.54, 1.807) is 24.0 Å². The lowest BCUT2D eigenvalue weighted by Gasteiger charge is -2.29. The van der Waals surface area contributed by atoms with E-state index in [1.165, 1.54) is 0 Å². The fraction of sp³-hybridized carbons (Fsp3) is 0.417. The van der Waals surface area contributed by atoms with Crippen molar-refractivity contribution in [3.63, 3.8) is 0 Å². The average Bonchev–Trinajstić information content (AvgIpc) is 2.73. The monoisotopic (exact) mass is 430 g/mol. The highest BCUT2D eigenvalue weighted by molar-refractivity contribution is 6.30. The molecule has 2 aromatic carbocycles. The van der Waals surface area contributed by atoms with Crippen LogP contribution in [-0.2, 0) is 16.1 Å². The molecule has 0 unspecified atom stereocenters. The van der Waals surface area contributed by atoms with E-state index in [-0.39, 0.29) is 18.4 Å². The van der Waals surface area contributed by atoms with Crippen molar-refractivity contribution >= 4 is 23.4 Å². The van der Waals surface area contributed by atoms with Crippen LogP contribution in [0.1, 0.15) is 43.4 Å². The van der Waals surface area contributed by atoms with Crippen LogP contribution >= 0.6 is 11.6 Å². The lowest BCUT2D eigenvalue weighted by Crippen LogP contribution is -2.49. The van der Waals surface area contributed by atoms with Gasteiger partial charge in [-0.3, -0.25) is 9.59 Å². The molecule has 0 radical (unpaired) electrons. The van der Waals surface area contributed by atoms with Gasteiger partial charge in [-0.2, -0.15) is 0 Å². The Kier molecular flexibility index (Phi) is 9.18. The minimum atomic E-state index is -0.618. The molecule has 0 heterocycles. The molecule has 0 aliphatic heterocycles. The Morgan fingerprint density at radius 2 is 1.83 bits per heavy atom. The zero-order valence-corrected chi connectivity index (χ0v) is 19.0. The van der Waals surface area contributed by atoms with Crippen LogP contribution in [0, 0.1) is 13.8 Å². The van der Waals surface area contributed by atoms with Gasteiger partial charge in [-0.25, -0.2) is 0 Å². The third-order valence-electron chi connectivity index (χ3n) is 4.96. The van der Waals surface area contributed by atoms with Gasteiger partial charge < -0.3 is 15.0 Å². The summed E-state index contributed by atoms with van der Waals surface area (Å²) in [5, 5.41) is 3.53. The topological polar surface area (TPSA) is 58.6 Å². The first kappa shape index (κ1) is 23.7. The molecule has 2 rings (SSSR count). The van der Waals surface area contributed by atoms with Gasteiger partial charge in [-0.15, -0.1) is 0 Å². The minimum absolute atomic E-state index is 0.134. The maximum atomic E-state index is 13.1. The summed E-state index contributed by atoms with van der Waals surface area (Å²) in [5.41, 5.74) is 2.92. The number of aryl methyl sites for hydroxylation is 2. The fourth-order valence-corrected chi connectivity index (χ4v) is 3.12. The van der Waals surface area contributed by atoms with Crippen LogP contribution in [0.15, 0.2) is 42.5 Å². The van der Waals surface area contributed by atoms with E-state index in [9.17, 15) is 9.59 Å². The zero-order valence-electron chi connectivity index (χ0n) is 18.2. The summed E-state index contributed by atoms with van der Waals surface area (Å²) in [6.45, 7) is 8.49. The van der Waals surface area contributed by atoms with Gasteiger partial charge in [0.25, 0.3) is 5.91 Å². The van der Waals surface area contributed by atoms with Gasteiger partial charge >= 0.3 is 0 Å². The number of ether oxygens (including phenoxy) is 1. The third kappa shape index (κ3) is 7.06. The number of nitrogens with one attached hydrogen (secondary N) is 1. The molecule has 0 aromatic heterocycles. The molecule has 0 bridgehead atoms. The number of unbranched alkanes of at least 4 members (excludes halogenated alkanes) is 1. The van der Waals surface area contributed by atoms with Crippen molar-refractivity contribution in [2.75, 3.05) is 13.2 Å². The number of rotatable bonds is 10. The first-order valence-electron chi connectivity index (χ1n) is 10.3. The quantitative estimate of drug-likeness (QED) is 0.557. The molecule has 0 aliphatic carbocycles. The van der Waals surface area contributed by atoms with Crippen molar-refractivity contribution in [3.05, 3.63) is 64.2 Å². The molecule has 0 saturated carbocycles. The first-order valence-corrected chi connectivity index (χ1v) is 10.7. The Bertz CT molecular complexity index is 852. The Hall–Kier alpha value is -2.53. The second-order valence-corrected chi connectivity index (χ2v) is 7.96. The number of benzene rings is 2. The predicted molar refractivity (Wildman–Crippen MR) is 121 cm³/mol. The van der Waals surface area contributed by atoms with Crippen LogP contribution in [0.5, 0.6) is 5.75 Å². The highest BCUT2D eigenvalue weighted by atomic mass is 35.5. The lowest BCUT2D eigenvalue weighted by molar-refractivity contribution is -0.142. The molecule has 30 heavy (non-hydrogen) atoms. The number of carbonyl (C=O) groups is 2. The van der Waals surface area contributed by atoms with Gasteiger partial charge in [0, 0.05) is 18.1 Å². The molecule has 6 heteroatoms. The van der Waals surface area contributed by atoms with E-state index < -0.39 is 6.04 Å². The number of amides is 2. The summed E-state index contributed by atoms with van der Waals surface area (Å²) in [7, 11) is 0. The Balaban J connectivity index is 2.13. The second-order valence-electron chi connectivity index (χ2n) is 7.53. The number of hydrogen-bond acceptors (Lipinski definition) is 3. The van der Waals surface area contributed by atoms with Gasteiger partial charge in [0.1, 0.15) is 11.8 Å². The summed E-state index contributed by atoms with van der Waals surface area (Å²) in [6, 6.07) is 12.5. The molecule has 0 fully saturated rings. The normalized spacial score (nSPS) is 11.6. The molecule has 2 amide bonds. The maximum absolute atomic E-state index is 13.1. The summed E-state index contributed by atoms with van der Waals surface area (Å²) in [4.78, 5) is 27.2. The number of carbonyl (C=O) groups excluding carboxylic acids is 2. The highest BCUT2D eigenvalue weighted by Crippen LogP contribution is 2.20.